The lowest BCUT2D eigenvalue weighted by Crippen LogP contribution is -2.60. The van der Waals surface area contributed by atoms with Crippen molar-refractivity contribution in [1.29, 1.82) is 0 Å². The third kappa shape index (κ3) is 5.09. The molecule has 3 aromatic rings. The molecule has 0 radical (unpaired) electrons. The van der Waals surface area contributed by atoms with Gasteiger partial charge >= 0.3 is 0 Å². The number of nitrogens with one attached hydrogen (secondary N) is 1. The zero-order valence-electron chi connectivity index (χ0n) is 20.7. The van der Waals surface area contributed by atoms with Crippen molar-refractivity contribution in [2.75, 3.05) is 0 Å². The molecule has 0 saturated carbocycles. The maximum Gasteiger partial charge on any atom is 0.248 e. The standard InChI is InChI=1S/C30H35N3O2/c1-30(2,32-28(34)15-12-21-8-4-3-5-9-21)29(35)33-25-13-14-26(33)18-22(17-25)16-24-20-31-19-23-10-6-7-11-27(23)24/h3-11,19-20,22,25-26H,12-18H2,1-2H3,(H,32,34). The Morgan fingerprint density at radius 1 is 0.971 bits per heavy atom. The molecule has 5 nitrogen and oxygen atoms in total. The van der Waals surface area contributed by atoms with Crippen LogP contribution in [0.5, 0.6) is 0 Å². The number of benzene rings is 2. The Hall–Kier alpha value is -3.21. The highest BCUT2D eigenvalue weighted by Gasteiger charge is 2.47. The van der Waals surface area contributed by atoms with E-state index in [1.807, 2.05) is 56.6 Å². The van der Waals surface area contributed by atoms with E-state index in [9.17, 15) is 9.59 Å². The number of pyridine rings is 1. The highest BCUT2D eigenvalue weighted by Crippen LogP contribution is 2.41. The molecule has 2 aromatic carbocycles. The van der Waals surface area contributed by atoms with Gasteiger partial charge in [0.1, 0.15) is 5.54 Å². The Morgan fingerprint density at radius 2 is 1.66 bits per heavy atom. The zero-order chi connectivity index (χ0) is 24.4. The first kappa shape index (κ1) is 23.5. The number of nitrogens with zero attached hydrogens (tertiary/aromatic N) is 2. The van der Waals surface area contributed by atoms with Gasteiger partial charge in [0.15, 0.2) is 0 Å². The normalized spacial score (nSPS) is 21.8. The zero-order valence-corrected chi connectivity index (χ0v) is 20.7. The fourth-order valence-corrected chi connectivity index (χ4v) is 6.13. The Bertz CT molecular complexity index is 1190. The molecule has 0 spiro atoms. The van der Waals surface area contributed by atoms with Crippen LogP contribution >= 0.6 is 0 Å². The number of rotatable bonds is 7. The summed E-state index contributed by atoms with van der Waals surface area (Å²) in [6, 6.07) is 19.0. The van der Waals surface area contributed by atoms with Crippen LogP contribution in [0.4, 0.5) is 0 Å². The fourth-order valence-electron chi connectivity index (χ4n) is 6.13. The van der Waals surface area contributed by atoms with Gasteiger partial charge in [-0.05, 0) is 74.8 Å². The van der Waals surface area contributed by atoms with Crippen molar-refractivity contribution in [3.63, 3.8) is 0 Å². The molecule has 2 aliphatic heterocycles. The molecule has 1 aromatic heterocycles. The predicted octanol–water partition coefficient (Wildman–Crippen LogP) is 5.07. The number of amides is 2. The van der Waals surface area contributed by atoms with E-state index in [0.29, 0.717) is 18.8 Å². The summed E-state index contributed by atoms with van der Waals surface area (Å²) in [6.07, 6.45) is 10.1. The summed E-state index contributed by atoms with van der Waals surface area (Å²) in [5.41, 5.74) is 1.53. The van der Waals surface area contributed by atoms with Gasteiger partial charge in [-0.2, -0.15) is 0 Å². The molecule has 2 unspecified atom stereocenters. The largest absolute Gasteiger partial charge is 0.342 e. The Balaban J connectivity index is 1.21. The van der Waals surface area contributed by atoms with Crippen LogP contribution in [-0.4, -0.2) is 39.3 Å². The molecular formula is C30H35N3O2. The van der Waals surface area contributed by atoms with Gasteiger partial charge in [0.2, 0.25) is 11.8 Å². The third-order valence-electron chi connectivity index (χ3n) is 7.79. The van der Waals surface area contributed by atoms with Crippen molar-refractivity contribution in [3.05, 3.63) is 78.1 Å². The smallest absolute Gasteiger partial charge is 0.248 e. The van der Waals surface area contributed by atoms with Crippen LogP contribution in [0.25, 0.3) is 10.8 Å². The summed E-state index contributed by atoms with van der Waals surface area (Å²) in [7, 11) is 0. The highest BCUT2D eigenvalue weighted by molar-refractivity contribution is 5.91. The molecule has 2 fully saturated rings. The first-order valence-electron chi connectivity index (χ1n) is 12.9. The molecule has 5 rings (SSSR count). The molecule has 2 bridgehead atoms. The van der Waals surface area contributed by atoms with E-state index in [-0.39, 0.29) is 23.9 Å². The Labute approximate surface area is 207 Å². The molecule has 3 heterocycles. The van der Waals surface area contributed by atoms with E-state index in [2.05, 4.69) is 39.5 Å². The van der Waals surface area contributed by atoms with Crippen molar-refractivity contribution < 1.29 is 9.59 Å². The third-order valence-corrected chi connectivity index (χ3v) is 7.79. The van der Waals surface area contributed by atoms with Gasteiger partial charge in [0.25, 0.3) is 0 Å². The minimum Gasteiger partial charge on any atom is -0.342 e. The molecule has 182 valence electrons. The first-order chi connectivity index (χ1) is 16.9. The highest BCUT2D eigenvalue weighted by atomic mass is 16.2. The Morgan fingerprint density at radius 3 is 2.40 bits per heavy atom. The molecular weight excluding hydrogens is 434 g/mol. The lowest BCUT2D eigenvalue weighted by atomic mass is 9.84. The number of aromatic nitrogens is 1. The lowest BCUT2D eigenvalue weighted by Gasteiger charge is -2.43. The van der Waals surface area contributed by atoms with Crippen LogP contribution in [0.3, 0.4) is 0 Å². The number of fused-ring (bicyclic) bond motifs is 3. The minimum atomic E-state index is -0.902. The summed E-state index contributed by atoms with van der Waals surface area (Å²) in [5.74, 6) is 0.536. The van der Waals surface area contributed by atoms with Crippen LogP contribution in [0, 0.1) is 5.92 Å². The molecule has 2 saturated heterocycles. The van der Waals surface area contributed by atoms with Gasteiger partial charge in [0.05, 0.1) is 0 Å². The summed E-state index contributed by atoms with van der Waals surface area (Å²) in [4.78, 5) is 32.9. The second-order valence-corrected chi connectivity index (χ2v) is 10.8. The van der Waals surface area contributed by atoms with Gasteiger partial charge in [-0.15, -0.1) is 0 Å². The van der Waals surface area contributed by atoms with Crippen molar-refractivity contribution in [2.24, 2.45) is 5.92 Å². The van der Waals surface area contributed by atoms with Crippen LogP contribution < -0.4 is 5.32 Å². The van der Waals surface area contributed by atoms with E-state index >= 15 is 0 Å². The summed E-state index contributed by atoms with van der Waals surface area (Å²) >= 11 is 0. The number of carbonyl (C=O) groups excluding carboxylic acids is 2. The number of piperidine rings is 1. The topological polar surface area (TPSA) is 62.3 Å². The van der Waals surface area contributed by atoms with Crippen molar-refractivity contribution in [2.45, 2.75) is 76.4 Å². The second kappa shape index (κ2) is 9.80. The van der Waals surface area contributed by atoms with Gasteiger partial charge in [0, 0.05) is 36.3 Å². The fraction of sp³-hybridized carbons (Fsp3) is 0.433. The average molecular weight is 470 g/mol. The predicted molar refractivity (Wildman–Crippen MR) is 139 cm³/mol. The monoisotopic (exact) mass is 469 g/mol. The SMILES string of the molecule is CC(C)(NC(=O)CCc1ccccc1)C(=O)N1C2CCC1CC(Cc1cncc3ccccc13)C2. The van der Waals surface area contributed by atoms with Gasteiger partial charge in [-0.1, -0.05) is 54.6 Å². The van der Waals surface area contributed by atoms with Gasteiger partial charge < -0.3 is 10.2 Å². The van der Waals surface area contributed by atoms with E-state index in [1.54, 1.807) is 0 Å². The van der Waals surface area contributed by atoms with Gasteiger partial charge in [-0.25, -0.2) is 0 Å². The lowest BCUT2D eigenvalue weighted by molar-refractivity contribution is -0.145. The summed E-state index contributed by atoms with van der Waals surface area (Å²) < 4.78 is 0. The Kier molecular flexibility index (Phi) is 6.59. The van der Waals surface area contributed by atoms with E-state index in [1.165, 1.54) is 16.3 Å². The van der Waals surface area contributed by atoms with Crippen molar-refractivity contribution >= 4 is 22.6 Å². The number of hydrogen-bond acceptors (Lipinski definition) is 3. The van der Waals surface area contributed by atoms with Crippen LogP contribution in [0.2, 0.25) is 0 Å². The number of carbonyl (C=O) groups is 2. The van der Waals surface area contributed by atoms with Crippen LogP contribution in [0.15, 0.2) is 67.0 Å². The summed E-state index contributed by atoms with van der Waals surface area (Å²) in [5, 5.41) is 5.50. The molecule has 2 amide bonds. The molecule has 0 aliphatic carbocycles. The van der Waals surface area contributed by atoms with Crippen molar-refractivity contribution in [3.8, 4) is 0 Å². The molecule has 5 heteroatoms. The summed E-state index contributed by atoms with van der Waals surface area (Å²) in [6.45, 7) is 3.70. The molecule has 1 N–H and O–H groups in total. The molecule has 2 atom stereocenters. The van der Waals surface area contributed by atoms with E-state index in [4.69, 9.17) is 0 Å². The maximum atomic E-state index is 13.6. The average Bonchev–Trinajstić information content (AvgIpc) is 3.12. The van der Waals surface area contributed by atoms with E-state index < -0.39 is 5.54 Å². The second-order valence-electron chi connectivity index (χ2n) is 10.8. The van der Waals surface area contributed by atoms with Crippen molar-refractivity contribution in [1.82, 2.24) is 15.2 Å². The van der Waals surface area contributed by atoms with Crippen LogP contribution in [0.1, 0.15) is 57.1 Å². The number of aryl methyl sites for hydroxylation is 1. The molecule has 2 aliphatic rings. The van der Waals surface area contributed by atoms with Crippen LogP contribution in [-0.2, 0) is 22.4 Å². The quantitative estimate of drug-likeness (QED) is 0.525. The van der Waals surface area contributed by atoms with E-state index in [0.717, 1.165) is 37.7 Å². The minimum absolute atomic E-state index is 0.0586. The number of hydrogen-bond donors (Lipinski definition) is 1. The maximum absolute atomic E-state index is 13.6. The van der Waals surface area contributed by atoms with Gasteiger partial charge in [-0.3, -0.25) is 14.6 Å². The molecule has 35 heavy (non-hydrogen) atoms. The first-order valence-corrected chi connectivity index (χ1v) is 12.9.